The summed E-state index contributed by atoms with van der Waals surface area (Å²) in [6, 6.07) is 6.32. The Morgan fingerprint density at radius 1 is 1.17 bits per heavy atom. The van der Waals surface area contributed by atoms with Crippen molar-refractivity contribution >= 4 is 41.3 Å². The topological polar surface area (TPSA) is 84.5 Å². The number of hydrogen-bond donors (Lipinski definition) is 2. The third kappa shape index (κ3) is 7.90. The number of benzene rings is 1. The first-order valence-electron chi connectivity index (χ1n) is 6.97. The van der Waals surface area contributed by atoms with Crippen LogP contribution in [0.3, 0.4) is 0 Å². The third-order valence-corrected chi connectivity index (χ3v) is 3.82. The molecule has 0 heterocycles. The molecular formula is C15H19ClN2O4S. The molecule has 1 aromatic carbocycles. The Kier molecular flexibility index (Phi) is 7.91. The van der Waals surface area contributed by atoms with Crippen LogP contribution in [0.1, 0.15) is 20.8 Å². The standard InChI is InChI=1S/C15H19ClN2O4S/c1-9(2)17-15(21)18-13(19)8-22-14(20)10(3)23-12-6-4-11(16)5-7-12/h4-7,9-10H,8H2,1-3H3,(H2,17,18,19,21)/t10-/m0/s1. The number of esters is 1. The van der Waals surface area contributed by atoms with E-state index in [4.69, 9.17) is 16.3 Å². The maximum absolute atomic E-state index is 11.8. The number of amides is 3. The Morgan fingerprint density at radius 2 is 1.78 bits per heavy atom. The van der Waals surface area contributed by atoms with Gasteiger partial charge < -0.3 is 10.1 Å². The van der Waals surface area contributed by atoms with E-state index in [2.05, 4.69) is 10.6 Å². The third-order valence-electron chi connectivity index (χ3n) is 2.48. The summed E-state index contributed by atoms with van der Waals surface area (Å²) in [5.74, 6) is -1.22. The Bertz CT molecular complexity index is 563. The Labute approximate surface area is 144 Å². The van der Waals surface area contributed by atoms with Gasteiger partial charge in [-0.2, -0.15) is 0 Å². The van der Waals surface area contributed by atoms with Gasteiger partial charge in [0.25, 0.3) is 5.91 Å². The van der Waals surface area contributed by atoms with Crippen molar-refractivity contribution in [1.82, 2.24) is 10.6 Å². The van der Waals surface area contributed by atoms with Crippen molar-refractivity contribution in [1.29, 1.82) is 0 Å². The summed E-state index contributed by atoms with van der Waals surface area (Å²) in [6.45, 7) is 4.69. The Morgan fingerprint density at radius 3 is 2.35 bits per heavy atom. The van der Waals surface area contributed by atoms with Gasteiger partial charge in [0.05, 0.1) is 0 Å². The molecule has 0 aliphatic heterocycles. The summed E-state index contributed by atoms with van der Waals surface area (Å²) in [7, 11) is 0. The molecule has 0 radical (unpaired) electrons. The minimum absolute atomic E-state index is 0.0962. The van der Waals surface area contributed by atoms with Crippen molar-refractivity contribution in [2.75, 3.05) is 6.61 Å². The van der Waals surface area contributed by atoms with E-state index >= 15 is 0 Å². The lowest BCUT2D eigenvalue weighted by Gasteiger charge is -2.12. The lowest BCUT2D eigenvalue weighted by atomic mass is 10.4. The van der Waals surface area contributed by atoms with Gasteiger partial charge in [-0.15, -0.1) is 11.8 Å². The number of halogens is 1. The van der Waals surface area contributed by atoms with Crippen LogP contribution in [0.25, 0.3) is 0 Å². The van der Waals surface area contributed by atoms with Crippen LogP contribution in [0.4, 0.5) is 4.79 Å². The molecule has 0 aliphatic rings. The number of rotatable bonds is 6. The smallest absolute Gasteiger partial charge is 0.321 e. The van der Waals surface area contributed by atoms with E-state index in [1.165, 1.54) is 11.8 Å². The van der Waals surface area contributed by atoms with Crippen LogP contribution in [-0.2, 0) is 14.3 Å². The number of imide groups is 1. The van der Waals surface area contributed by atoms with Crippen molar-refractivity contribution in [3.8, 4) is 0 Å². The fourth-order valence-electron chi connectivity index (χ4n) is 1.48. The quantitative estimate of drug-likeness (QED) is 0.603. The molecule has 1 atom stereocenters. The van der Waals surface area contributed by atoms with Crippen LogP contribution < -0.4 is 10.6 Å². The summed E-state index contributed by atoms with van der Waals surface area (Å²) in [6.07, 6.45) is 0. The maximum Gasteiger partial charge on any atom is 0.321 e. The molecular weight excluding hydrogens is 340 g/mol. The highest BCUT2D eigenvalue weighted by Crippen LogP contribution is 2.25. The van der Waals surface area contributed by atoms with Crippen molar-refractivity contribution in [2.24, 2.45) is 0 Å². The second kappa shape index (κ2) is 9.42. The van der Waals surface area contributed by atoms with Gasteiger partial charge in [-0.05, 0) is 45.0 Å². The second-order valence-corrected chi connectivity index (χ2v) is 6.85. The number of urea groups is 1. The molecule has 23 heavy (non-hydrogen) atoms. The van der Waals surface area contributed by atoms with Crippen LogP contribution in [0.5, 0.6) is 0 Å². The summed E-state index contributed by atoms with van der Waals surface area (Å²) in [4.78, 5) is 35.5. The molecule has 8 heteroatoms. The number of ether oxygens (including phenoxy) is 1. The fraction of sp³-hybridized carbons (Fsp3) is 0.400. The monoisotopic (exact) mass is 358 g/mol. The normalized spacial score (nSPS) is 11.7. The first-order valence-corrected chi connectivity index (χ1v) is 8.23. The first-order chi connectivity index (χ1) is 10.8. The lowest BCUT2D eigenvalue weighted by molar-refractivity contribution is -0.147. The van der Waals surface area contributed by atoms with Crippen LogP contribution in [0.15, 0.2) is 29.2 Å². The molecule has 0 saturated carbocycles. The van der Waals surface area contributed by atoms with Gasteiger partial charge in [0.2, 0.25) is 0 Å². The van der Waals surface area contributed by atoms with Gasteiger partial charge in [-0.1, -0.05) is 11.6 Å². The van der Waals surface area contributed by atoms with E-state index < -0.39 is 29.8 Å². The maximum atomic E-state index is 11.8. The van der Waals surface area contributed by atoms with Gasteiger partial charge in [-0.3, -0.25) is 14.9 Å². The number of thioether (sulfide) groups is 1. The minimum atomic E-state index is -0.680. The van der Waals surface area contributed by atoms with Crippen molar-refractivity contribution in [3.05, 3.63) is 29.3 Å². The largest absolute Gasteiger partial charge is 0.455 e. The summed E-state index contributed by atoms with van der Waals surface area (Å²) in [5, 5.41) is 4.69. The summed E-state index contributed by atoms with van der Waals surface area (Å²) < 4.78 is 4.89. The Balaban J connectivity index is 2.36. The molecule has 1 rings (SSSR count). The molecule has 6 nitrogen and oxygen atoms in total. The van der Waals surface area contributed by atoms with Crippen LogP contribution in [0, 0.1) is 0 Å². The van der Waals surface area contributed by atoms with Gasteiger partial charge in [-0.25, -0.2) is 4.79 Å². The molecule has 0 fully saturated rings. The molecule has 0 aromatic heterocycles. The second-order valence-electron chi connectivity index (χ2n) is 5.00. The number of nitrogens with one attached hydrogen (secondary N) is 2. The minimum Gasteiger partial charge on any atom is -0.455 e. The van der Waals surface area contributed by atoms with E-state index in [0.29, 0.717) is 5.02 Å². The average Bonchev–Trinajstić information content (AvgIpc) is 2.46. The zero-order chi connectivity index (χ0) is 17.4. The van der Waals surface area contributed by atoms with E-state index in [0.717, 1.165) is 4.90 Å². The molecule has 3 amide bonds. The van der Waals surface area contributed by atoms with Gasteiger partial charge in [0.1, 0.15) is 5.25 Å². The molecule has 0 aliphatic carbocycles. The Hall–Kier alpha value is -1.73. The molecule has 0 unspecified atom stereocenters. The van der Waals surface area contributed by atoms with Crippen LogP contribution in [-0.4, -0.2) is 35.8 Å². The van der Waals surface area contributed by atoms with Crippen LogP contribution >= 0.6 is 23.4 Å². The lowest BCUT2D eigenvalue weighted by Crippen LogP contribution is -2.44. The average molecular weight is 359 g/mol. The molecule has 0 saturated heterocycles. The van der Waals surface area contributed by atoms with Crippen molar-refractivity contribution < 1.29 is 19.1 Å². The van der Waals surface area contributed by atoms with E-state index in [1.807, 2.05) is 0 Å². The number of carbonyl (C=O) groups excluding carboxylic acids is 3. The highest BCUT2D eigenvalue weighted by molar-refractivity contribution is 8.00. The van der Waals surface area contributed by atoms with Gasteiger partial charge in [0, 0.05) is 16.0 Å². The molecule has 126 valence electrons. The highest BCUT2D eigenvalue weighted by Gasteiger charge is 2.18. The van der Waals surface area contributed by atoms with Crippen molar-refractivity contribution in [2.45, 2.75) is 37.0 Å². The summed E-state index contributed by atoms with van der Waals surface area (Å²) >= 11 is 7.08. The van der Waals surface area contributed by atoms with E-state index in [9.17, 15) is 14.4 Å². The van der Waals surface area contributed by atoms with Gasteiger partial charge >= 0.3 is 12.0 Å². The predicted molar refractivity (Wildman–Crippen MR) is 89.5 cm³/mol. The molecule has 2 N–H and O–H groups in total. The highest BCUT2D eigenvalue weighted by atomic mass is 35.5. The van der Waals surface area contributed by atoms with Gasteiger partial charge in [0.15, 0.2) is 6.61 Å². The predicted octanol–water partition coefficient (Wildman–Crippen LogP) is 2.60. The fourth-order valence-corrected chi connectivity index (χ4v) is 2.47. The summed E-state index contributed by atoms with van der Waals surface area (Å²) in [5.41, 5.74) is 0. The van der Waals surface area contributed by atoms with Crippen molar-refractivity contribution in [3.63, 3.8) is 0 Å². The molecule has 1 aromatic rings. The molecule has 0 bridgehead atoms. The zero-order valence-corrected chi connectivity index (χ0v) is 14.7. The number of carbonyl (C=O) groups is 3. The van der Waals surface area contributed by atoms with E-state index in [1.54, 1.807) is 45.0 Å². The van der Waals surface area contributed by atoms with Crippen LogP contribution in [0.2, 0.25) is 5.02 Å². The molecule has 0 spiro atoms. The SMILES string of the molecule is CC(C)NC(=O)NC(=O)COC(=O)[C@H](C)Sc1ccc(Cl)cc1. The first kappa shape index (κ1) is 19.3. The zero-order valence-electron chi connectivity index (χ0n) is 13.1. The van der Waals surface area contributed by atoms with E-state index in [-0.39, 0.29) is 6.04 Å². The number of hydrogen-bond acceptors (Lipinski definition) is 5.